The molecule has 3 heterocycles. The summed E-state index contributed by atoms with van der Waals surface area (Å²) in [4.78, 5) is 6.08. The van der Waals surface area contributed by atoms with Crippen LogP contribution in [0, 0.1) is 0 Å². The monoisotopic (exact) mass is 296 g/mol. The number of likely N-dealkylation sites (tertiary alicyclic amines) is 1. The Morgan fingerprint density at radius 1 is 1.27 bits per heavy atom. The molecule has 1 unspecified atom stereocenters. The van der Waals surface area contributed by atoms with Crippen molar-refractivity contribution in [3.8, 4) is 0 Å². The second-order valence-electron chi connectivity index (χ2n) is 6.01. The lowest BCUT2D eigenvalue weighted by molar-refractivity contribution is 0.132. The minimum Gasteiger partial charge on any atom is -0.357 e. The van der Waals surface area contributed by atoms with Gasteiger partial charge in [0, 0.05) is 18.3 Å². The van der Waals surface area contributed by atoms with Crippen molar-refractivity contribution in [3.63, 3.8) is 0 Å². The van der Waals surface area contributed by atoms with Gasteiger partial charge in [-0.2, -0.15) is 0 Å². The Bertz CT molecular complexity index is 741. The van der Waals surface area contributed by atoms with Crippen molar-refractivity contribution in [2.45, 2.75) is 31.8 Å². The molecule has 2 aromatic heterocycles. The fourth-order valence-corrected chi connectivity index (χ4v) is 3.37. The first-order chi connectivity index (χ1) is 10.8. The first-order valence-electron chi connectivity index (χ1n) is 7.84. The second-order valence-corrected chi connectivity index (χ2v) is 6.01. The van der Waals surface area contributed by atoms with Crippen LogP contribution in [-0.4, -0.2) is 36.6 Å². The van der Waals surface area contributed by atoms with E-state index in [1.54, 1.807) is 4.68 Å². The first kappa shape index (κ1) is 13.5. The van der Waals surface area contributed by atoms with E-state index < -0.39 is 0 Å². The smallest absolute Gasteiger partial charge is 0.165 e. The van der Waals surface area contributed by atoms with Crippen LogP contribution in [0.2, 0.25) is 0 Å². The van der Waals surface area contributed by atoms with E-state index in [1.165, 1.54) is 35.9 Å². The number of para-hydroxylation sites is 1. The lowest BCUT2D eigenvalue weighted by atomic mass is 9.99. The van der Waals surface area contributed by atoms with Crippen LogP contribution in [0.25, 0.3) is 10.9 Å². The Labute approximate surface area is 129 Å². The van der Waals surface area contributed by atoms with Gasteiger partial charge in [0.25, 0.3) is 0 Å². The molecule has 0 spiro atoms. The molecule has 0 saturated carbocycles. The van der Waals surface area contributed by atoms with Crippen LogP contribution in [0.4, 0.5) is 0 Å². The average molecular weight is 296 g/mol. The minimum absolute atomic E-state index is 0.415. The number of aromatic amines is 1. The van der Waals surface area contributed by atoms with Crippen molar-refractivity contribution >= 4 is 10.9 Å². The van der Waals surface area contributed by atoms with E-state index in [-0.39, 0.29) is 0 Å². The Hall–Kier alpha value is -2.21. The highest BCUT2D eigenvalue weighted by Gasteiger charge is 2.26. The van der Waals surface area contributed by atoms with Gasteiger partial charge in [0.15, 0.2) is 5.82 Å². The van der Waals surface area contributed by atoms with Crippen LogP contribution in [0.1, 0.15) is 36.8 Å². The molecule has 0 aliphatic carbocycles. The van der Waals surface area contributed by atoms with Crippen LogP contribution >= 0.6 is 0 Å². The average Bonchev–Trinajstić information content (AvgIpc) is 3.14. The van der Waals surface area contributed by atoms with Gasteiger partial charge in [-0.15, -0.1) is 5.10 Å². The molecule has 6 nitrogen and oxygen atoms in total. The van der Waals surface area contributed by atoms with Crippen molar-refractivity contribution in [2.24, 2.45) is 7.05 Å². The molecule has 1 saturated heterocycles. The standard InChI is InChI=1S/C16H20N6/c1-21-16(18-19-20-21)11-22-9-5-4-8-15(22)14-10-12-6-2-3-7-13(12)17-14/h2-3,6-7,10,15,17H,4-5,8-9,11H2,1H3. The molecule has 4 rings (SSSR count). The maximum Gasteiger partial charge on any atom is 0.165 e. The van der Waals surface area contributed by atoms with Crippen LogP contribution in [0.5, 0.6) is 0 Å². The SMILES string of the molecule is Cn1nnnc1CN1CCCCC1c1cc2ccccc2[nH]1. The molecular weight excluding hydrogens is 276 g/mol. The number of hydrogen-bond donors (Lipinski definition) is 1. The number of fused-ring (bicyclic) bond motifs is 1. The summed E-state index contributed by atoms with van der Waals surface area (Å²) in [6.07, 6.45) is 3.69. The van der Waals surface area contributed by atoms with Gasteiger partial charge in [-0.1, -0.05) is 24.6 Å². The summed E-state index contributed by atoms with van der Waals surface area (Å²) in [5.74, 6) is 0.919. The molecule has 3 aromatic rings. The van der Waals surface area contributed by atoms with Gasteiger partial charge in [0.2, 0.25) is 0 Å². The summed E-state index contributed by atoms with van der Waals surface area (Å²) in [5.41, 5.74) is 2.51. The van der Waals surface area contributed by atoms with E-state index in [9.17, 15) is 0 Å². The van der Waals surface area contributed by atoms with E-state index in [2.05, 4.69) is 55.7 Å². The van der Waals surface area contributed by atoms with Gasteiger partial charge >= 0.3 is 0 Å². The molecule has 1 atom stereocenters. The van der Waals surface area contributed by atoms with Crippen LogP contribution in [-0.2, 0) is 13.6 Å². The van der Waals surface area contributed by atoms with Crippen LogP contribution in [0.3, 0.4) is 0 Å². The third kappa shape index (κ3) is 2.39. The molecule has 1 fully saturated rings. The molecule has 1 aliphatic heterocycles. The number of aryl methyl sites for hydroxylation is 1. The van der Waals surface area contributed by atoms with E-state index in [4.69, 9.17) is 0 Å². The quantitative estimate of drug-likeness (QED) is 0.806. The van der Waals surface area contributed by atoms with E-state index in [0.29, 0.717) is 6.04 Å². The third-order valence-electron chi connectivity index (χ3n) is 4.58. The molecule has 0 radical (unpaired) electrons. The van der Waals surface area contributed by atoms with Gasteiger partial charge in [0.1, 0.15) is 0 Å². The van der Waals surface area contributed by atoms with Gasteiger partial charge in [-0.25, -0.2) is 4.68 Å². The van der Waals surface area contributed by atoms with E-state index in [1.807, 2.05) is 7.05 Å². The number of piperidine rings is 1. The zero-order chi connectivity index (χ0) is 14.9. The molecule has 114 valence electrons. The third-order valence-corrected chi connectivity index (χ3v) is 4.58. The molecular formula is C16H20N6. The lowest BCUT2D eigenvalue weighted by Crippen LogP contribution is -2.34. The Morgan fingerprint density at radius 3 is 3.00 bits per heavy atom. The van der Waals surface area contributed by atoms with Crippen molar-refractivity contribution in [1.82, 2.24) is 30.1 Å². The summed E-state index contributed by atoms with van der Waals surface area (Å²) < 4.78 is 1.76. The zero-order valence-electron chi connectivity index (χ0n) is 12.7. The lowest BCUT2D eigenvalue weighted by Gasteiger charge is -2.34. The number of rotatable bonds is 3. The summed E-state index contributed by atoms with van der Waals surface area (Å²) in [6.45, 7) is 1.89. The van der Waals surface area contributed by atoms with E-state index >= 15 is 0 Å². The van der Waals surface area contributed by atoms with Crippen molar-refractivity contribution in [2.75, 3.05) is 6.54 Å². The summed E-state index contributed by atoms with van der Waals surface area (Å²) in [7, 11) is 1.90. The molecule has 6 heteroatoms. The van der Waals surface area contributed by atoms with Gasteiger partial charge in [-0.05, 0) is 47.3 Å². The van der Waals surface area contributed by atoms with Crippen molar-refractivity contribution < 1.29 is 0 Å². The number of aromatic nitrogens is 5. The number of benzene rings is 1. The highest BCUT2D eigenvalue weighted by atomic mass is 15.5. The molecule has 0 amide bonds. The summed E-state index contributed by atoms with van der Waals surface area (Å²) in [5, 5.41) is 13.1. The molecule has 0 bridgehead atoms. The van der Waals surface area contributed by atoms with Gasteiger partial charge in [0.05, 0.1) is 12.6 Å². The number of nitrogens with zero attached hydrogens (tertiary/aromatic N) is 5. The largest absolute Gasteiger partial charge is 0.357 e. The fraction of sp³-hybridized carbons (Fsp3) is 0.438. The first-order valence-corrected chi connectivity index (χ1v) is 7.84. The van der Waals surface area contributed by atoms with Gasteiger partial charge in [-0.3, -0.25) is 4.90 Å². The maximum atomic E-state index is 4.13. The van der Waals surface area contributed by atoms with Crippen LogP contribution in [0.15, 0.2) is 30.3 Å². The van der Waals surface area contributed by atoms with Crippen molar-refractivity contribution in [3.05, 3.63) is 41.9 Å². The molecule has 22 heavy (non-hydrogen) atoms. The molecule has 1 aromatic carbocycles. The molecule has 1 aliphatic rings. The molecule has 1 N–H and O–H groups in total. The fourth-order valence-electron chi connectivity index (χ4n) is 3.37. The Kier molecular flexibility index (Phi) is 3.38. The minimum atomic E-state index is 0.415. The number of hydrogen-bond acceptors (Lipinski definition) is 4. The normalized spacial score (nSPS) is 19.8. The summed E-state index contributed by atoms with van der Waals surface area (Å²) in [6, 6.07) is 11.2. The predicted octanol–water partition coefficient (Wildman–Crippen LogP) is 2.42. The highest BCUT2D eigenvalue weighted by molar-refractivity contribution is 5.80. The number of nitrogens with one attached hydrogen (secondary N) is 1. The Balaban J connectivity index is 1.63. The van der Waals surface area contributed by atoms with Gasteiger partial charge < -0.3 is 4.98 Å². The zero-order valence-corrected chi connectivity index (χ0v) is 12.7. The maximum absolute atomic E-state index is 4.13. The number of H-pyrrole nitrogens is 1. The predicted molar refractivity (Wildman–Crippen MR) is 84.1 cm³/mol. The summed E-state index contributed by atoms with van der Waals surface area (Å²) >= 11 is 0. The topological polar surface area (TPSA) is 62.6 Å². The van der Waals surface area contributed by atoms with Crippen molar-refractivity contribution in [1.29, 1.82) is 0 Å². The van der Waals surface area contributed by atoms with E-state index in [0.717, 1.165) is 18.9 Å². The number of tetrazole rings is 1. The highest BCUT2D eigenvalue weighted by Crippen LogP contribution is 2.32. The Morgan fingerprint density at radius 2 is 2.18 bits per heavy atom. The van der Waals surface area contributed by atoms with Crippen LogP contribution < -0.4 is 0 Å². The second kappa shape index (κ2) is 5.53.